The molecule has 0 aliphatic carbocycles. The normalized spacial score (nSPS) is 16.2. The molecule has 0 spiro atoms. The van der Waals surface area contributed by atoms with Gasteiger partial charge in [0.2, 0.25) is 70.9 Å². The highest BCUT2D eigenvalue weighted by Gasteiger charge is 2.41. The molecule has 2 saturated heterocycles. The summed E-state index contributed by atoms with van der Waals surface area (Å²) >= 11 is 6.27. The molecule has 17 N–H and O–H groups in total. The molecule has 1 aromatic heterocycles. The van der Waals surface area contributed by atoms with Crippen molar-refractivity contribution in [1.29, 1.82) is 0 Å². The number of nitrogens with two attached hydrogens (primary N) is 1. The number of rotatable bonds is 41. The lowest BCUT2D eigenvalue weighted by Crippen LogP contribution is -2.62. The van der Waals surface area contributed by atoms with E-state index in [2.05, 4.69) is 74.1 Å². The number of aliphatic carboxylic acids is 1. The zero-order chi connectivity index (χ0) is 83.4. The molecule has 5 aromatic carbocycles. The minimum absolute atomic E-state index is 0.0127. The maximum absolute atomic E-state index is 15.4. The van der Waals surface area contributed by atoms with Crippen LogP contribution < -0.4 is 74.9 Å². The van der Waals surface area contributed by atoms with Gasteiger partial charge in [-0.3, -0.25) is 67.3 Å². The highest BCUT2D eigenvalue weighted by Crippen LogP contribution is 2.24. The molecule has 0 unspecified atom stereocenters. The second-order valence-electron chi connectivity index (χ2n) is 29.6. The fourth-order valence-corrected chi connectivity index (χ4v) is 13.5. The standard InChI is InChI=1S/C82H103ClN16O16/c1-46(2)37-62(72(104)92-61(16-9-10-35-86-47(3)4)80(112)99-36-12-17-69(99)79(111)87-48(5)81(113)114)93-74(106)65(40-52-23-30-59(31-24-52)90-82(84)115)95-76(108)66(41-51-21-28-58(29-22-51)89-71(103)60-32-33-70(102)91-60)97-78(110)68(45-100)98-77(109)67(43-54-13-11-34-85-44-54)96-75(107)64(39-50-19-26-57(83)27-20-50)94-73(105)63(88-49(6)101)42-53-18-25-55-14-7-8-15-56(55)38-53/h7-8,11,13-15,18-31,34,38,44,46-48,60-69,86,100H,9-10,12,16-17,32-33,35-37,39-43,45H2,1-6H3,(H,87,111)(H,88,101)(H,89,103)(H,91,102)(H,92,104)(H,93,106)(H,94,105)(H,95,108)(H,96,107)(H,97,110)(H,98,109)(H,113,114)(H3,84,90,115)/t48-,60+,61+,62+,63-,64-,65-,66+,67-,68+,69+/m1/s1. The van der Waals surface area contributed by atoms with Crippen LogP contribution in [0.15, 0.2) is 140 Å². The molecular weight excluding hydrogens is 1500 g/mol. The van der Waals surface area contributed by atoms with Gasteiger partial charge in [0.15, 0.2) is 0 Å². The highest BCUT2D eigenvalue weighted by molar-refractivity contribution is 6.30. The number of benzene rings is 5. The van der Waals surface area contributed by atoms with Crippen molar-refractivity contribution in [3.05, 3.63) is 173 Å². The lowest BCUT2D eigenvalue weighted by Gasteiger charge is -2.31. The van der Waals surface area contributed by atoms with Gasteiger partial charge in [0.05, 0.1) is 6.61 Å². The van der Waals surface area contributed by atoms with Gasteiger partial charge in [-0.25, -0.2) is 4.79 Å². The number of nitrogens with zero attached hydrogens (tertiary/aromatic N) is 2. The Morgan fingerprint density at radius 1 is 0.539 bits per heavy atom. The van der Waals surface area contributed by atoms with E-state index < -0.39 is 150 Å². The number of halogens is 1. The third-order valence-corrected chi connectivity index (χ3v) is 19.7. The lowest BCUT2D eigenvalue weighted by atomic mass is 9.99. The van der Waals surface area contributed by atoms with E-state index in [-0.39, 0.29) is 94.3 Å². The Bertz CT molecular complexity index is 4420. The number of hydrogen-bond donors (Lipinski definition) is 16. The van der Waals surface area contributed by atoms with Crippen LogP contribution in [-0.2, 0) is 94.4 Å². The minimum Gasteiger partial charge on any atom is -0.480 e. The molecular formula is C82H103ClN16O16. The monoisotopic (exact) mass is 1600 g/mol. The second-order valence-corrected chi connectivity index (χ2v) is 30.0. The van der Waals surface area contributed by atoms with Crippen LogP contribution in [0.1, 0.15) is 121 Å². The maximum Gasteiger partial charge on any atom is 0.325 e. The Hall–Kier alpha value is -11.9. The minimum atomic E-state index is -1.90. The van der Waals surface area contributed by atoms with Gasteiger partial charge >= 0.3 is 12.0 Å². The van der Waals surface area contributed by atoms with Gasteiger partial charge < -0.3 is 90.0 Å². The maximum atomic E-state index is 15.4. The van der Waals surface area contributed by atoms with Crippen molar-refractivity contribution in [2.75, 3.05) is 30.3 Å². The fraction of sp³-hybridized carbons (Fsp3) is 0.427. The first-order valence-corrected chi connectivity index (χ1v) is 38.8. The van der Waals surface area contributed by atoms with Crippen molar-refractivity contribution in [1.82, 2.24) is 68.4 Å². The number of urea groups is 1. The lowest BCUT2D eigenvalue weighted by molar-refractivity contribution is -0.144. The van der Waals surface area contributed by atoms with Gasteiger partial charge in [0.1, 0.15) is 66.5 Å². The van der Waals surface area contributed by atoms with Crippen molar-refractivity contribution in [2.24, 2.45) is 11.7 Å². The number of hydrogen-bond acceptors (Lipinski definition) is 17. The summed E-state index contributed by atoms with van der Waals surface area (Å²) in [6, 6.07) is 18.9. The summed E-state index contributed by atoms with van der Waals surface area (Å²) in [6.07, 6.45) is 3.88. The zero-order valence-corrected chi connectivity index (χ0v) is 65.8. The summed E-state index contributed by atoms with van der Waals surface area (Å²) in [5.74, 6) is -10.8. The first-order valence-electron chi connectivity index (χ1n) is 38.4. The summed E-state index contributed by atoms with van der Waals surface area (Å²) in [6.45, 7) is 9.64. The Kier molecular flexibility index (Phi) is 33.4. The number of aromatic nitrogens is 1. The number of fused-ring (bicyclic) bond motifs is 1. The molecule has 3 heterocycles. The molecule has 115 heavy (non-hydrogen) atoms. The van der Waals surface area contributed by atoms with E-state index in [4.69, 9.17) is 17.3 Å². The van der Waals surface area contributed by atoms with Crippen LogP contribution in [0.4, 0.5) is 16.2 Å². The van der Waals surface area contributed by atoms with Crippen molar-refractivity contribution >= 4 is 117 Å². The number of anilines is 2. The van der Waals surface area contributed by atoms with Crippen LogP contribution in [-0.4, -0.2) is 195 Å². The van der Waals surface area contributed by atoms with E-state index in [1.54, 1.807) is 50.2 Å². The van der Waals surface area contributed by atoms with Crippen LogP contribution in [0.2, 0.25) is 5.02 Å². The van der Waals surface area contributed by atoms with Crippen molar-refractivity contribution in [3.63, 3.8) is 0 Å². The number of aliphatic hydroxyl groups is 1. The Labute approximate surface area is 671 Å². The predicted molar refractivity (Wildman–Crippen MR) is 429 cm³/mol. The van der Waals surface area contributed by atoms with E-state index in [0.717, 1.165) is 10.8 Å². The van der Waals surface area contributed by atoms with E-state index in [0.29, 0.717) is 64.3 Å². The summed E-state index contributed by atoms with van der Waals surface area (Å²) in [7, 11) is 0. The largest absolute Gasteiger partial charge is 0.480 e. The van der Waals surface area contributed by atoms with E-state index >= 15 is 9.59 Å². The zero-order valence-electron chi connectivity index (χ0n) is 65.1. The Balaban J connectivity index is 1.09. The molecule has 11 atom stereocenters. The number of carbonyl (C=O) groups is 14. The number of unbranched alkanes of at least 4 members (excludes halogenated alkanes) is 1. The molecule has 8 rings (SSSR count). The highest BCUT2D eigenvalue weighted by atomic mass is 35.5. The summed E-state index contributed by atoms with van der Waals surface area (Å²) in [5, 5.41) is 58.3. The van der Waals surface area contributed by atoms with Gasteiger partial charge in [-0.05, 0) is 145 Å². The number of pyridine rings is 1. The number of aliphatic hydroxyl groups excluding tert-OH is 1. The van der Waals surface area contributed by atoms with Gasteiger partial charge in [0.25, 0.3) is 0 Å². The average Bonchev–Trinajstić information content (AvgIpc) is 1.80. The Morgan fingerprint density at radius 2 is 1.03 bits per heavy atom. The van der Waals surface area contributed by atoms with Crippen LogP contribution >= 0.6 is 11.6 Å². The molecule has 32 nitrogen and oxygen atoms in total. The SMILES string of the molecule is CC(=O)N[C@H](Cc1ccc2ccccc2c1)C(=O)N[C@H](Cc1ccc(Cl)cc1)C(=O)N[C@H](Cc1cccnc1)C(=O)N[C@@H](CO)C(=O)N[C@@H](Cc1ccc(NC(=O)[C@@H]2CCC(=O)N2)cc1)C(=O)N[C@H](Cc1ccc(NC(N)=O)cc1)C(=O)N[C@@H](CC(C)C)C(=O)N[C@@H](CCCCNC(C)C)C(=O)N1CCC[C@H]1C(=O)N[C@H](C)C(=O)O. The van der Waals surface area contributed by atoms with Gasteiger partial charge in [-0.2, -0.15) is 0 Å². The molecule has 614 valence electrons. The van der Waals surface area contributed by atoms with Crippen LogP contribution in [0.5, 0.6) is 0 Å². The van der Waals surface area contributed by atoms with Crippen molar-refractivity contribution in [3.8, 4) is 0 Å². The van der Waals surface area contributed by atoms with Gasteiger partial charge in [-0.1, -0.05) is 124 Å². The number of carboxylic acid groups (broad SMARTS) is 1. The fourth-order valence-electron chi connectivity index (χ4n) is 13.4. The van der Waals surface area contributed by atoms with Crippen LogP contribution in [0.25, 0.3) is 10.8 Å². The van der Waals surface area contributed by atoms with Gasteiger partial charge in [0, 0.05) is 86.8 Å². The first-order chi connectivity index (χ1) is 54.9. The second kappa shape index (κ2) is 43.4. The third-order valence-electron chi connectivity index (χ3n) is 19.4. The van der Waals surface area contributed by atoms with Gasteiger partial charge in [-0.15, -0.1) is 0 Å². The van der Waals surface area contributed by atoms with E-state index in [1.807, 2.05) is 56.3 Å². The molecule has 6 aromatic rings. The quantitative estimate of drug-likeness (QED) is 0.0245. The number of amides is 14. The van der Waals surface area contributed by atoms with Crippen molar-refractivity contribution in [2.45, 2.75) is 198 Å². The molecule has 0 bridgehead atoms. The number of nitrogens with one attached hydrogen (secondary N) is 13. The summed E-state index contributed by atoms with van der Waals surface area (Å²) in [5.41, 5.74) is 8.34. The number of carbonyl (C=O) groups excluding carboxylic acids is 13. The molecule has 2 fully saturated rings. The molecule has 14 amide bonds. The molecule has 0 radical (unpaired) electrons. The average molecular weight is 1600 g/mol. The Morgan fingerprint density at radius 3 is 1.53 bits per heavy atom. The molecule has 0 saturated carbocycles. The molecule has 2 aliphatic rings. The first kappa shape index (κ1) is 88.7. The number of carboxylic acids is 1. The molecule has 33 heteroatoms. The smallest absolute Gasteiger partial charge is 0.325 e. The summed E-state index contributed by atoms with van der Waals surface area (Å²) in [4.78, 5) is 200. The topological polar surface area (TPSA) is 478 Å². The van der Waals surface area contributed by atoms with E-state index in [9.17, 15) is 67.7 Å². The number of primary amides is 1. The summed E-state index contributed by atoms with van der Waals surface area (Å²) < 4.78 is 0. The predicted octanol–water partition coefficient (Wildman–Crippen LogP) is 2.79. The van der Waals surface area contributed by atoms with Crippen molar-refractivity contribution < 1.29 is 77.3 Å². The molecule has 2 aliphatic heterocycles. The number of likely N-dealkylation sites (tertiary alicyclic amines) is 1. The third kappa shape index (κ3) is 28.0. The van der Waals surface area contributed by atoms with E-state index in [1.165, 1.54) is 79.7 Å². The van der Waals surface area contributed by atoms with Crippen LogP contribution in [0.3, 0.4) is 0 Å². The van der Waals surface area contributed by atoms with Crippen LogP contribution in [0, 0.1) is 5.92 Å².